The maximum Gasteiger partial charge on any atom is 0.310 e. The van der Waals surface area contributed by atoms with Gasteiger partial charge in [0.25, 0.3) is 5.91 Å². The molecule has 12 heteroatoms. The maximum atomic E-state index is 14.5. The third kappa shape index (κ3) is 7.30. The van der Waals surface area contributed by atoms with E-state index in [1.165, 1.54) is 25.1 Å². The van der Waals surface area contributed by atoms with Crippen molar-refractivity contribution in [2.24, 2.45) is 17.8 Å². The monoisotopic (exact) mass is 594 g/mol. The second-order valence-electron chi connectivity index (χ2n) is 11.9. The minimum atomic E-state index is -1.42. The Hall–Kier alpha value is -2.92. The van der Waals surface area contributed by atoms with Gasteiger partial charge in [-0.3, -0.25) is 19.2 Å². The van der Waals surface area contributed by atoms with Crippen LogP contribution in [0.3, 0.4) is 0 Å². The van der Waals surface area contributed by atoms with Crippen LogP contribution in [0.4, 0.5) is 10.1 Å². The minimum absolute atomic E-state index is 0.0820. The number of ether oxygens (including phenoxy) is 2. The van der Waals surface area contributed by atoms with Crippen LogP contribution >= 0.6 is 11.6 Å². The molecule has 3 amide bonds. The predicted octanol–water partition coefficient (Wildman–Crippen LogP) is 3.21. The fraction of sp³-hybridized carbons (Fsp3) is 0.655. The number of anilines is 1. The number of likely N-dealkylation sites (tertiary alicyclic amines) is 1. The molecular formula is C29H40ClFN4O6. The normalized spacial score (nSPS) is 30.7. The van der Waals surface area contributed by atoms with Gasteiger partial charge in [0.05, 0.1) is 29.8 Å². The van der Waals surface area contributed by atoms with E-state index in [0.717, 1.165) is 24.2 Å². The van der Waals surface area contributed by atoms with Gasteiger partial charge < -0.3 is 30.7 Å². The Morgan fingerprint density at radius 3 is 2.61 bits per heavy atom. The lowest BCUT2D eigenvalue weighted by Gasteiger charge is -2.38. The third-order valence-corrected chi connectivity index (χ3v) is 8.70. The number of esters is 1. The van der Waals surface area contributed by atoms with Crippen molar-refractivity contribution < 1.29 is 33.0 Å². The maximum absolute atomic E-state index is 14.5. The van der Waals surface area contributed by atoms with Gasteiger partial charge in [-0.05, 0) is 55.7 Å². The number of rotatable bonds is 8. The van der Waals surface area contributed by atoms with Crippen LogP contribution in [0.15, 0.2) is 18.2 Å². The van der Waals surface area contributed by atoms with Gasteiger partial charge in [0.15, 0.2) is 0 Å². The Labute approximate surface area is 244 Å². The molecule has 4 rings (SSSR count). The number of amides is 3. The largest absolute Gasteiger partial charge is 0.433 e. The van der Waals surface area contributed by atoms with Crippen LogP contribution in [0.5, 0.6) is 0 Å². The molecule has 2 aliphatic heterocycles. The average molecular weight is 595 g/mol. The lowest BCUT2D eigenvalue weighted by Crippen LogP contribution is -2.55. The summed E-state index contributed by atoms with van der Waals surface area (Å²) in [5.41, 5.74) is 6.20. The molecule has 2 unspecified atom stereocenters. The van der Waals surface area contributed by atoms with Gasteiger partial charge in [-0.25, -0.2) is 4.39 Å². The van der Waals surface area contributed by atoms with Crippen LogP contribution in [0.2, 0.25) is 5.02 Å². The van der Waals surface area contributed by atoms with E-state index < -0.39 is 54.3 Å². The summed E-state index contributed by atoms with van der Waals surface area (Å²) < 4.78 is 26.3. The standard InChI is InChI=1S/C29H40ClFN4O6/c1-14(2)19-7-5-15(3)9-24(19)40-29-22(12-25(36)41-29)34-27(38)23-11-18(31)13-35(23)28(39)16(4)33-26(37)17-6-8-21(32)20(30)10-17/h6,8,10,14-16,18-19,22-24,29H,5,7,9,11-13,32H2,1-4H3,(H,33,37)(H,34,38)/t15?,16-,18-,19-,22-,23?,24+,29+/m0/s1. The number of cyclic esters (lactones) is 1. The van der Waals surface area contributed by atoms with Gasteiger partial charge in [0.2, 0.25) is 18.1 Å². The van der Waals surface area contributed by atoms with E-state index >= 15 is 0 Å². The van der Waals surface area contributed by atoms with Crippen molar-refractivity contribution in [1.29, 1.82) is 0 Å². The molecule has 0 spiro atoms. The Morgan fingerprint density at radius 1 is 1.20 bits per heavy atom. The van der Waals surface area contributed by atoms with E-state index in [1.54, 1.807) is 0 Å². The summed E-state index contributed by atoms with van der Waals surface area (Å²) in [5, 5.41) is 5.55. The lowest BCUT2D eigenvalue weighted by atomic mass is 9.75. The minimum Gasteiger partial charge on any atom is -0.433 e. The van der Waals surface area contributed by atoms with Gasteiger partial charge >= 0.3 is 5.97 Å². The molecule has 3 aliphatic rings. The molecule has 1 aliphatic carbocycles. The van der Waals surface area contributed by atoms with Crippen molar-refractivity contribution in [3.8, 4) is 0 Å². The second kappa shape index (κ2) is 12.9. The average Bonchev–Trinajstić information content (AvgIpc) is 3.46. The number of halogens is 2. The Morgan fingerprint density at radius 2 is 1.93 bits per heavy atom. The number of hydrogen-bond donors (Lipinski definition) is 3. The summed E-state index contributed by atoms with van der Waals surface area (Å²) in [7, 11) is 0. The highest BCUT2D eigenvalue weighted by atomic mass is 35.5. The van der Waals surface area contributed by atoms with E-state index in [-0.39, 0.29) is 36.1 Å². The predicted molar refractivity (Wildman–Crippen MR) is 150 cm³/mol. The molecule has 4 N–H and O–H groups in total. The van der Waals surface area contributed by atoms with Crippen molar-refractivity contribution in [1.82, 2.24) is 15.5 Å². The summed E-state index contributed by atoms with van der Waals surface area (Å²) in [5.74, 6) is -1.11. The molecule has 10 nitrogen and oxygen atoms in total. The molecule has 2 saturated heterocycles. The first-order valence-electron chi connectivity index (χ1n) is 14.3. The third-order valence-electron chi connectivity index (χ3n) is 8.38. The summed E-state index contributed by atoms with van der Waals surface area (Å²) in [4.78, 5) is 52.6. The van der Waals surface area contributed by atoms with Gasteiger partial charge in [-0.2, -0.15) is 0 Å². The molecule has 1 aromatic carbocycles. The number of nitrogens with one attached hydrogen (secondary N) is 2. The Kier molecular flexibility index (Phi) is 9.79. The van der Waals surface area contributed by atoms with E-state index in [4.69, 9.17) is 26.8 Å². The highest BCUT2D eigenvalue weighted by Crippen LogP contribution is 2.37. The second-order valence-corrected chi connectivity index (χ2v) is 12.4. The van der Waals surface area contributed by atoms with Gasteiger partial charge in [0, 0.05) is 12.0 Å². The van der Waals surface area contributed by atoms with Gasteiger partial charge in [0.1, 0.15) is 24.3 Å². The van der Waals surface area contributed by atoms with Crippen molar-refractivity contribution in [2.45, 2.75) is 96.5 Å². The summed E-state index contributed by atoms with van der Waals surface area (Å²) in [6.07, 6.45) is 0.175. The van der Waals surface area contributed by atoms with Crippen LogP contribution < -0.4 is 16.4 Å². The molecule has 0 radical (unpaired) electrons. The summed E-state index contributed by atoms with van der Waals surface area (Å²) >= 11 is 6.00. The highest BCUT2D eigenvalue weighted by Gasteiger charge is 2.45. The molecule has 1 aromatic rings. The number of nitrogens with two attached hydrogens (primary N) is 1. The highest BCUT2D eigenvalue weighted by molar-refractivity contribution is 6.33. The molecule has 0 bridgehead atoms. The fourth-order valence-corrected chi connectivity index (χ4v) is 6.22. The first-order valence-corrected chi connectivity index (χ1v) is 14.7. The van der Waals surface area contributed by atoms with Crippen molar-refractivity contribution in [3.63, 3.8) is 0 Å². The van der Waals surface area contributed by atoms with E-state index in [2.05, 4.69) is 31.4 Å². The first kappa shape index (κ1) is 31.0. The SMILES string of the molecule is CC1CC[C@@H](C(C)C)[C@H](O[C@@H]2OC(=O)C[C@@H]2NC(=O)C2C[C@H](F)CN2C(=O)[C@H](C)NC(=O)c2ccc(N)c(Cl)c2)C1. The molecule has 3 fully saturated rings. The van der Waals surface area contributed by atoms with Crippen LogP contribution in [-0.2, 0) is 23.9 Å². The number of nitrogen functional groups attached to an aromatic ring is 1. The zero-order valence-corrected chi connectivity index (χ0v) is 24.7. The fourth-order valence-electron chi connectivity index (χ4n) is 6.04. The first-order chi connectivity index (χ1) is 19.3. The lowest BCUT2D eigenvalue weighted by molar-refractivity contribution is -0.191. The zero-order chi connectivity index (χ0) is 30.0. The molecule has 226 valence electrons. The Bertz CT molecular complexity index is 1170. The number of alkyl halides is 1. The van der Waals surface area contributed by atoms with Crippen LogP contribution in [0.25, 0.3) is 0 Å². The van der Waals surface area contributed by atoms with Crippen LogP contribution in [0, 0.1) is 17.8 Å². The van der Waals surface area contributed by atoms with E-state index in [9.17, 15) is 23.6 Å². The number of hydrogen-bond acceptors (Lipinski definition) is 7. The number of carbonyl (C=O) groups is 4. The molecule has 8 atom stereocenters. The smallest absolute Gasteiger partial charge is 0.310 e. The van der Waals surface area contributed by atoms with E-state index in [0.29, 0.717) is 23.4 Å². The molecule has 0 aromatic heterocycles. The number of carbonyl (C=O) groups excluding carboxylic acids is 4. The number of nitrogens with zero attached hydrogens (tertiary/aromatic N) is 1. The topological polar surface area (TPSA) is 140 Å². The van der Waals surface area contributed by atoms with Gasteiger partial charge in [-0.15, -0.1) is 0 Å². The molecule has 41 heavy (non-hydrogen) atoms. The van der Waals surface area contributed by atoms with Crippen molar-refractivity contribution >= 4 is 41.0 Å². The zero-order valence-electron chi connectivity index (χ0n) is 23.9. The van der Waals surface area contributed by atoms with Gasteiger partial charge in [-0.1, -0.05) is 38.8 Å². The van der Waals surface area contributed by atoms with E-state index in [1.807, 2.05) is 0 Å². The quantitative estimate of drug-likeness (QED) is 0.310. The molecule has 2 heterocycles. The summed E-state index contributed by atoms with van der Waals surface area (Å²) in [6, 6.07) is 1.41. The van der Waals surface area contributed by atoms with Crippen molar-refractivity contribution in [2.75, 3.05) is 12.3 Å². The molecule has 1 saturated carbocycles. The molecular weight excluding hydrogens is 555 g/mol. The Balaban J connectivity index is 1.40. The van der Waals surface area contributed by atoms with Crippen LogP contribution in [-0.4, -0.2) is 71.8 Å². The number of benzene rings is 1. The van der Waals surface area contributed by atoms with Crippen LogP contribution in [0.1, 0.15) is 70.2 Å². The summed E-state index contributed by atoms with van der Waals surface area (Å²) in [6.45, 7) is 7.62. The van der Waals surface area contributed by atoms with Crippen molar-refractivity contribution in [3.05, 3.63) is 28.8 Å².